The number of Topliss-reactive ketones (excluding diaryl/α,β-unsaturated/α-hetero) is 1. The largest absolute Gasteiger partial charge is 0.493 e. The molecule has 154 valence electrons. The lowest BCUT2D eigenvalue weighted by molar-refractivity contribution is -0.136. The number of ketones is 1. The number of benzene rings is 2. The van der Waals surface area contributed by atoms with Crippen LogP contribution >= 0.6 is 0 Å². The van der Waals surface area contributed by atoms with Crippen LogP contribution in [-0.2, 0) is 4.79 Å². The predicted octanol–water partition coefficient (Wildman–Crippen LogP) is 3.18. The first-order valence-electron chi connectivity index (χ1n) is 9.81. The van der Waals surface area contributed by atoms with E-state index >= 15 is 0 Å². The molecule has 1 heterocycles. The zero-order valence-electron chi connectivity index (χ0n) is 17.3. The van der Waals surface area contributed by atoms with Crippen LogP contribution in [0.15, 0.2) is 48.5 Å². The lowest BCUT2D eigenvalue weighted by Crippen LogP contribution is -2.49. The SMILES string of the molecule is COc1ccc(C(=O)CCC(=O)N2CCN(C)C[C@H]2c2ccccc2)cc1OC. The molecule has 29 heavy (non-hydrogen) atoms. The number of carbonyl (C=O) groups is 2. The van der Waals surface area contributed by atoms with Crippen molar-refractivity contribution in [1.82, 2.24) is 9.80 Å². The zero-order chi connectivity index (χ0) is 20.8. The van der Waals surface area contributed by atoms with Crippen LogP contribution in [0.25, 0.3) is 0 Å². The highest BCUT2D eigenvalue weighted by Crippen LogP contribution is 2.29. The molecule has 0 unspecified atom stereocenters. The second-order valence-electron chi connectivity index (χ2n) is 7.27. The normalized spacial score (nSPS) is 17.1. The Morgan fingerprint density at radius 1 is 0.966 bits per heavy atom. The third-order valence-corrected chi connectivity index (χ3v) is 5.36. The number of likely N-dealkylation sites (N-methyl/N-ethyl adjacent to an activating group) is 1. The molecule has 6 heteroatoms. The van der Waals surface area contributed by atoms with E-state index in [1.807, 2.05) is 23.1 Å². The summed E-state index contributed by atoms with van der Waals surface area (Å²) < 4.78 is 10.5. The van der Waals surface area contributed by atoms with Crippen LogP contribution in [0, 0.1) is 0 Å². The van der Waals surface area contributed by atoms with Crippen LogP contribution < -0.4 is 9.47 Å². The molecule has 0 N–H and O–H groups in total. The standard InChI is InChI=1S/C23H28N2O4/c1-24-13-14-25(19(16-24)17-7-5-4-6-8-17)23(27)12-10-20(26)18-9-11-21(28-2)22(15-18)29-3/h4-9,11,15,19H,10,12-14,16H2,1-3H3/t19-/m0/s1. The van der Waals surface area contributed by atoms with Gasteiger partial charge in [0, 0.05) is 38.0 Å². The Morgan fingerprint density at radius 2 is 1.69 bits per heavy atom. The van der Waals surface area contributed by atoms with E-state index in [0.29, 0.717) is 23.6 Å². The summed E-state index contributed by atoms with van der Waals surface area (Å²) in [4.78, 5) is 29.7. The van der Waals surface area contributed by atoms with Gasteiger partial charge in [-0.05, 0) is 30.8 Å². The van der Waals surface area contributed by atoms with Crippen LogP contribution in [0.4, 0.5) is 0 Å². The van der Waals surface area contributed by atoms with Gasteiger partial charge >= 0.3 is 0 Å². The van der Waals surface area contributed by atoms with Gasteiger partial charge in [-0.2, -0.15) is 0 Å². The van der Waals surface area contributed by atoms with Crippen LogP contribution in [-0.4, -0.2) is 62.4 Å². The van der Waals surface area contributed by atoms with Crippen LogP contribution in [0.3, 0.4) is 0 Å². The molecule has 2 aromatic rings. The van der Waals surface area contributed by atoms with Crippen molar-refractivity contribution < 1.29 is 19.1 Å². The summed E-state index contributed by atoms with van der Waals surface area (Å²) in [6, 6.07) is 15.2. The minimum Gasteiger partial charge on any atom is -0.493 e. The van der Waals surface area contributed by atoms with E-state index in [1.54, 1.807) is 25.3 Å². The van der Waals surface area contributed by atoms with E-state index in [0.717, 1.165) is 18.7 Å². The van der Waals surface area contributed by atoms with Gasteiger partial charge in [-0.15, -0.1) is 0 Å². The van der Waals surface area contributed by atoms with E-state index in [9.17, 15) is 9.59 Å². The van der Waals surface area contributed by atoms with Gasteiger partial charge in [0.1, 0.15) is 0 Å². The summed E-state index contributed by atoms with van der Waals surface area (Å²) in [5, 5.41) is 0. The van der Waals surface area contributed by atoms with E-state index in [2.05, 4.69) is 24.1 Å². The molecule has 3 rings (SSSR count). The fourth-order valence-corrected chi connectivity index (χ4v) is 3.70. The minimum absolute atomic E-state index is 0.0126. The monoisotopic (exact) mass is 396 g/mol. The molecule has 1 atom stereocenters. The number of piperazine rings is 1. The van der Waals surface area contributed by atoms with Crippen molar-refractivity contribution in [1.29, 1.82) is 0 Å². The number of amides is 1. The molecule has 0 aromatic heterocycles. The maximum absolute atomic E-state index is 13.0. The molecule has 0 saturated carbocycles. The van der Waals surface area contributed by atoms with Crippen LogP contribution in [0.5, 0.6) is 11.5 Å². The van der Waals surface area contributed by atoms with Crippen LogP contribution in [0.1, 0.15) is 34.8 Å². The lowest BCUT2D eigenvalue weighted by Gasteiger charge is -2.40. The third kappa shape index (κ3) is 4.95. The average Bonchev–Trinajstić information content (AvgIpc) is 2.77. The highest BCUT2D eigenvalue weighted by Gasteiger charge is 2.30. The van der Waals surface area contributed by atoms with Gasteiger partial charge in [-0.25, -0.2) is 0 Å². The highest BCUT2D eigenvalue weighted by molar-refractivity contribution is 5.98. The number of methoxy groups -OCH3 is 2. The van der Waals surface area contributed by atoms with Gasteiger partial charge in [0.25, 0.3) is 0 Å². The Labute approximate surface area is 172 Å². The maximum Gasteiger partial charge on any atom is 0.223 e. The van der Waals surface area contributed by atoms with Crippen molar-refractivity contribution in [2.45, 2.75) is 18.9 Å². The molecule has 0 aliphatic carbocycles. The Bertz CT molecular complexity index is 853. The molecule has 0 spiro atoms. The molecule has 0 radical (unpaired) electrons. The number of ether oxygens (including phenoxy) is 2. The topological polar surface area (TPSA) is 59.1 Å². The molecule has 1 aliphatic rings. The Balaban J connectivity index is 1.66. The average molecular weight is 396 g/mol. The Hall–Kier alpha value is -2.86. The van der Waals surface area contributed by atoms with Crippen molar-refractivity contribution in [3.8, 4) is 11.5 Å². The van der Waals surface area contributed by atoms with Gasteiger partial charge in [0.15, 0.2) is 17.3 Å². The number of rotatable bonds is 7. The zero-order valence-corrected chi connectivity index (χ0v) is 17.3. The van der Waals surface area contributed by atoms with E-state index in [-0.39, 0.29) is 30.6 Å². The molecular weight excluding hydrogens is 368 g/mol. The predicted molar refractivity (Wildman–Crippen MR) is 112 cm³/mol. The number of carbonyl (C=O) groups excluding carboxylic acids is 2. The van der Waals surface area contributed by atoms with E-state index in [4.69, 9.17) is 9.47 Å². The van der Waals surface area contributed by atoms with Gasteiger partial charge in [-0.1, -0.05) is 30.3 Å². The summed E-state index contributed by atoms with van der Waals surface area (Å²) in [5.74, 6) is 1.02. The van der Waals surface area contributed by atoms with Gasteiger partial charge in [-0.3, -0.25) is 9.59 Å². The van der Waals surface area contributed by atoms with E-state index < -0.39 is 0 Å². The molecule has 6 nitrogen and oxygen atoms in total. The molecule has 0 bridgehead atoms. The van der Waals surface area contributed by atoms with Crippen molar-refractivity contribution >= 4 is 11.7 Å². The van der Waals surface area contributed by atoms with Crippen molar-refractivity contribution in [3.63, 3.8) is 0 Å². The lowest BCUT2D eigenvalue weighted by atomic mass is 10.0. The Kier molecular flexibility index (Phi) is 6.88. The van der Waals surface area contributed by atoms with Gasteiger partial charge in [0.2, 0.25) is 5.91 Å². The second-order valence-corrected chi connectivity index (χ2v) is 7.27. The van der Waals surface area contributed by atoms with Gasteiger partial charge in [0.05, 0.1) is 20.3 Å². The molecule has 2 aromatic carbocycles. The first-order valence-corrected chi connectivity index (χ1v) is 9.81. The summed E-state index contributed by atoms with van der Waals surface area (Å²) >= 11 is 0. The van der Waals surface area contributed by atoms with E-state index in [1.165, 1.54) is 7.11 Å². The quantitative estimate of drug-likeness (QED) is 0.673. The summed E-state index contributed by atoms with van der Waals surface area (Å²) in [5.41, 5.74) is 1.65. The van der Waals surface area contributed by atoms with Crippen molar-refractivity contribution in [3.05, 3.63) is 59.7 Å². The first-order chi connectivity index (χ1) is 14.0. The molecule has 1 aliphatic heterocycles. The number of hydrogen-bond acceptors (Lipinski definition) is 5. The minimum atomic E-state index is -0.0790. The maximum atomic E-state index is 13.0. The Morgan fingerprint density at radius 3 is 2.38 bits per heavy atom. The third-order valence-electron chi connectivity index (χ3n) is 5.36. The van der Waals surface area contributed by atoms with Crippen molar-refractivity contribution in [2.75, 3.05) is 40.9 Å². The molecule has 1 amide bonds. The summed E-state index contributed by atoms with van der Waals surface area (Å²) in [7, 11) is 5.16. The fraction of sp³-hybridized carbons (Fsp3) is 0.391. The first kappa shape index (κ1) is 20.9. The number of hydrogen-bond donors (Lipinski definition) is 0. The smallest absolute Gasteiger partial charge is 0.223 e. The highest BCUT2D eigenvalue weighted by atomic mass is 16.5. The molecular formula is C23H28N2O4. The fourth-order valence-electron chi connectivity index (χ4n) is 3.70. The van der Waals surface area contributed by atoms with Gasteiger partial charge < -0.3 is 19.3 Å². The second kappa shape index (κ2) is 9.56. The number of nitrogens with zero attached hydrogens (tertiary/aromatic N) is 2. The van der Waals surface area contributed by atoms with Crippen LogP contribution in [0.2, 0.25) is 0 Å². The van der Waals surface area contributed by atoms with Crippen molar-refractivity contribution in [2.24, 2.45) is 0 Å². The summed E-state index contributed by atoms with van der Waals surface area (Å²) in [6.07, 6.45) is 0.363. The summed E-state index contributed by atoms with van der Waals surface area (Å²) in [6.45, 7) is 2.29. The molecule has 1 fully saturated rings. The molecule has 1 saturated heterocycles.